The normalized spacial score (nSPS) is 12.8. The lowest BCUT2D eigenvalue weighted by Gasteiger charge is -2.29. The van der Waals surface area contributed by atoms with E-state index in [1.54, 1.807) is 0 Å². The van der Waals surface area contributed by atoms with Crippen LogP contribution in [0.5, 0.6) is 5.75 Å². The van der Waals surface area contributed by atoms with Gasteiger partial charge in [0, 0.05) is 18.1 Å². The average molecular weight is 260 g/mol. The Kier molecular flexibility index (Phi) is 6.53. The van der Waals surface area contributed by atoms with E-state index in [4.69, 9.17) is 10.5 Å². The molecule has 0 aliphatic heterocycles. The van der Waals surface area contributed by atoms with E-state index in [0.717, 1.165) is 11.3 Å². The van der Waals surface area contributed by atoms with Crippen LogP contribution in [-0.2, 0) is 0 Å². The Labute approximate surface area is 109 Å². The van der Waals surface area contributed by atoms with Crippen LogP contribution in [0.4, 0.5) is 0 Å². The molecule has 0 heterocycles. The molecule has 3 nitrogen and oxygen atoms in total. The van der Waals surface area contributed by atoms with Gasteiger partial charge in [-0.2, -0.15) is 0 Å². The predicted molar refractivity (Wildman–Crippen MR) is 72.7 cm³/mol. The predicted octanol–water partition coefficient (Wildman–Crippen LogP) is 2.53. The van der Waals surface area contributed by atoms with Crippen LogP contribution in [0.3, 0.4) is 0 Å². The van der Waals surface area contributed by atoms with E-state index in [9.17, 15) is 5.11 Å². The van der Waals surface area contributed by atoms with Gasteiger partial charge in [0.1, 0.15) is 5.75 Å². The van der Waals surface area contributed by atoms with Crippen LogP contribution < -0.4 is 10.5 Å². The number of hydrogen-bond acceptors (Lipinski definition) is 3. The van der Waals surface area contributed by atoms with Gasteiger partial charge in [-0.3, -0.25) is 0 Å². The van der Waals surface area contributed by atoms with E-state index in [1.807, 2.05) is 45.0 Å². The lowest BCUT2D eigenvalue weighted by atomic mass is 9.82. The van der Waals surface area contributed by atoms with Crippen LogP contribution in [0.1, 0.15) is 32.4 Å². The lowest BCUT2D eigenvalue weighted by molar-refractivity contribution is 0.132. The highest BCUT2D eigenvalue weighted by molar-refractivity contribution is 5.85. The van der Waals surface area contributed by atoms with Crippen LogP contribution in [0.15, 0.2) is 24.3 Å². The Morgan fingerprint density at radius 1 is 1.29 bits per heavy atom. The number of ether oxygens (including phenoxy) is 1. The lowest BCUT2D eigenvalue weighted by Crippen LogP contribution is -2.32. The molecule has 1 rings (SSSR count). The molecule has 3 N–H and O–H groups in total. The van der Waals surface area contributed by atoms with Gasteiger partial charge in [0.25, 0.3) is 0 Å². The summed E-state index contributed by atoms with van der Waals surface area (Å²) in [6.07, 6.45) is 0. The van der Waals surface area contributed by atoms with Crippen molar-refractivity contribution < 1.29 is 9.84 Å². The maximum absolute atomic E-state index is 9.26. The molecule has 0 amide bonds. The Morgan fingerprint density at radius 3 is 2.24 bits per heavy atom. The topological polar surface area (TPSA) is 55.5 Å². The van der Waals surface area contributed by atoms with E-state index >= 15 is 0 Å². The first-order valence-corrected chi connectivity index (χ1v) is 5.60. The van der Waals surface area contributed by atoms with Gasteiger partial charge in [0.05, 0.1) is 6.61 Å². The number of rotatable bonds is 5. The molecule has 0 bridgehead atoms. The molecular weight excluding hydrogens is 238 g/mol. The van der Waals surface area contributed by atoms with Crippen molar-refractivity contribution in [1.29, 1.82) is 0 Å². The number of aliphatic hydroxyl groups is 1. The van der Waals surface area contributed by atoms with E-state index in [1.165, 1.54) is 0 Å². The Balaban J connectivity index is 0.00000256. The first-order valence-electron chi connectivity index (χ1n) is 5.60. The van der Waals surface area contributed by atoms with Gasteiger partial charge >= 0.3 is 0 Å². The smallest absolute Gasteiger partial charge is 0.119 e. The van der Waals surface area contributed by atoms with Crippen molar-refractivity contribution >= 4 is 12.4 Å². The summed E-state index contributed by atoms with van der Waals surface area (Å²) < 4.78 is 5.36. The van der Waals surface area contributed by atoms with Crippen molar-refractivity contribution in [2.24, 2.45) is 11.1 Å². The largest absolute Gasteiger partial charge is 0.494 e. The van der Waals surface area contributed by atoms with Crippen molar-refractivity contribution in [2.45, 2.75) is 26.8 Å². The second kappa shape index (κ2) is 6.84. The number of aliphatic hydroxyl groups excluding tert-OH is 1. The molecule has 1 aromatic carbocycles. The summed E-state index contributed by atoms with van der Waals surface area (Å²) in [6, 6.07) is 7.55. The van der Waals surface area contributed by atoms with Gasteiger partial charge in [-0.1, -0.05) is 26.0 Å². The molecule has 0 fully saturated rings. The molecular formula is C13H22ClNO2. The minimum Gasteiger partial charge on any atom is -0.494 e. The summed E-state index contributed by atoms with van der Waals surface area (Å²) >= 11 is 0. The molecule has 98 valence electrons. The fourth-order valence-corrected chi connectivity index (χ4v) is 1.49. The summed E-state index contributed by atoms with van der Waals surface area (Å²) in [6.45, 7) is 6.59. The highest BCUT2D eigenvalue weighted by Crippen LogP contribution is 2.31. The molecule has 0 radical (unpaired) electrons. The number of benzene rings is 1. The maximum Gasteiger partial charge on any atom is 0.119 e. The molecule has 0 aliphatic rings. The molecule has 0 aromatic heterocycles. The van der Waals surface area contributed by atoms with E-state index in [2.05, 4.69) is 0 Å². The highest BCUT2D eigenvalue weighted by atomic mass is 35.5. The molecule has 17 heavy (non-hydrogen) atoms. The van der Waals surface area contributed by atoms with E-state index in [-0.39, 0.29) is 30.5 Å². The zero-order chi connectivity index (χ0) is 12.2. The van der Waals surface area contributed by atoms with Crippen LogP contribution >= 0.6 is 12.4 Å². The van der Waals surface area contributed by atoms with Crippen LogP contribution in [-0.4, -0.2) is 18.3 Å². The summed E-state index contributed by atoms with van der Waals surface area (Å²) in [5.41, 5.74) is 6.81. The zero-order valence-electron chi connectivity index (χ0n) is 10.6. The standard InChI is InChI=1S/C13H21NO2.ClH/c1-4-16-11-7-5-10(6-8-11)12(14)13(2,3)9-15;/h5-8,12,15H,4,9,14H2,1-3H3;1H/t12-;/m0./s1. The number of halogens is 1. The first-order chi connectivity index (χ1) is 7.51. The third-order valence-electron chi connectivity index (χ3n) is 2.80. The molecule has 4 heteroatoms. The van der Waals surface area contributed by atoms with E-state index in [0.29, 0.717) is 6.61 Å². The molecule has 0 spiro atoms. The Morgan fingerprint density at radius 2 is 1.82 bits per heavy atom. The zero-order valence-corrected chi connectivity index (χ0v) is 11.5. The fourth-order valence-electron chi connectivity index (χ4n) is 1.49. The maximum atomic E-state index is 9.26. The molecule has 0 saturated carbocycles. The SMILES string of the molecule is CCOc1ccc([C@H](N)C(C)(C)CO)cc1.Cl. The van der Waals surface area contributed by atoms with Crippen molar-refractivity contribution in [3.63, 3.8) is 0 Å². The van der Waals surface area contributed by atoms with Crippen LogP contribution in [0.25, 0.3) is 0 Å². The van der Waals surface area contributed by atoms with Gasteiger partial charge in [0.15, 0.2) is 0 Å². The monoisotopic (exact) mass is 259 g/mol. The molecule has 1 atom stereocenters. The third-order valence-corrected chi connectivity index (χ3v) is 2.80. The Bertz CT molecular complexity index is 325. The second-order valence-corrected chi connectivity index (χ2v) is 4.63. The van der Waals surface area contributed by atoms with Gasteiger partial charge < -0.3 is 15.6 Å². The fraction of sp³-hybridized carbons (Fsp3) is 0.538. The average Bonchev–Trinajstić information content (AvgIpc) is 2.29. The van der Waals surface area contributed by atoms with Crippen molar-refractivity contribution in [2.75, 3.05) is 13.2 Å². The van der Waals surface area contributed by atoms with E-state index < -0.39 is 0 Å². The van der Waals surface area contributed by atoms with Crippen molar-refractivity contribution in [3.8, 4) is 5.75 Å². The summed E-state index contributed by atoms with van der Waals surface area (Å²) in [4.78, 5) is 0. The summed E-state index contributed by atoms with van der Waals surface area (Å²) in [7, 11) is 0. The van der Waals surface area contributed by atoms with Crippen molar-refractivity contribution in [3.05, 3.63) is 29.8 Å². The summed E-state index contributed by atoms with van der Waals surface area (Å²) in [5, 5.41) is 9.26. The van der Waals surface area contributed by atoms with Crippen molar-refractivity contribution in [1.82, 2.24) is 0 Å². The minimum atomic E-state index is -0.312. The van der Waals surface area contributed by atoms with Crippen LogP contribution in [0, 0.1) is 5.41 Å². The van der Waals surface area contributed by atoms with Gasteiger partial charge in [0.2, 0.25) is 0 Å². The number of nitrogens with two attached hydrogens (primary N) is 1. The minimum absolute atomic E-state index is 0. The van der Waals surface area contributed by atoms with Crippen LogP contribution in [0.2, 0.25) is 0 Å². The number of hydrogen-bond donors (Lipinski definition) is 2. The molecule has 1 aromatic rings. The molecule has 0 saturated heterocycles. The summed E-state index contributed by atoms with van der Waals surface area (Å²) in [5.74, 6) is 0.847. The first kappa shape index (κ1) is 16.2. The third kappa shape index (κ3) is 4.19. The molecule has 0 unspecified atom stereocenters. The van der Waals surface area contributed by atoms with Gasteiger partial charge in [-0.15, -0.1) is 12.4 Å². The van der Waals surface area contributed by atoms with Gasteiger partial charge in [-0.25, -0.2) is 0 Å². The quantitative estimate of drug-likeness (QED) is 0.854. The highest BCUT2D eigenvalue weighted by Gasteiger charge is 2.26. The second-order valence-electron chi connectivity index (χ2n) is 4.63. The van der Waals surface area contributed by atoms with Gasteiger partial charge in [-0.05, 0) is 24.6 Å². The Hall–Kier alpha value is -0.770. The molecule has 0 aliphatic carbocycles.